The molecule has 0 fully saturated rings. The van der Waals surface area contributed by atoms with E-state index < -0.39 is 11.9 Å². The van der Waals surface area contributed by atoms with Crippen molar-refractivity contribution in [3.05, 3.63) is 11.1 Å². The SMILES string of the molecule is CCN(C(C)=O)c1nc(CN(CC(N)=O)CC(=O)O)cs1. The topological polar surface area (TPSA) is 117 Å². The van der Waals surface area contributed by atoms with Gasteiger partial charge in [0.05, 0.1) is 18.8 Å². The third-order valence-corrected chi connectivity index (χ3v) is 3.50. The minimum absolute atomic E-state index is 0.113. The van der Waals surface area contributed by atoms with E-state index in [4.69, 9.17) is 10.8 Å². The number of nitrogens with zero attached hydrogens (tertiary/aromatic N) is 3. The summed E-state index contributed by atoms with van der Waals surface area (Å²) in [4.78, 5) is 40.3. The van der Waals surface area contributed by atoms with Gasteiger partial charge in [0.25, 0.3) is 0 Å². The molecule has 0 saturated carbocycles. The molecule has 0 aliphatic carbocycles. The highest BCUT2D eigenvalue weighted by molar-refractivity contribution is 7.14. The molecule has 0 unspecified atom stereocenters. The molecule has 9 heteroatoms. The van der Waals surface area contributed by atoms with Crippen molar-refractivity contribution in [2.24, 2.45) is 5.73 Å². The molecule has 116 valence electrons. The summed E-state index contributed by atoms with van der Waals surface area (Å²) >= 11 is 1.29. The molecule has 1 aromatic rings. The summed E-state index contributed by atoms with van der Waals surface area (Å²) in [6, 6.07) is 0. The van der Waals surface area contributed by atoms with Gasteiger partial charge in [-0.15, -0.1) is 11.3 Å². The van der Waals surface area contributed by atoms with Crippen LogP contribution in [0.5, 0.6) is 0 Å². The van der Waals surface area contributed by atoms with Crippen LogP contribution in [0.3, 0.4) is 0 Å². The summed E-state index contributed by atoms with van der Waals surface area (Å²) in [5.41, 5.74) is 5.69. The molecular weight excluding hydrogens is 296 g/mol. The maximum atomic E-state index is 11.4. The van der Waals surface area contributed by atoms with Crippen molar-refractivity contribution in [2.45, 2.75) is 20.4 Å². The fourth-order valence-electron chi connectivity index (χ4n) is 1.79. The van der Waals surface area contributed by atoms with Crippen LogP contribution in [0.4, 0.5) is 5.13 Å². The molecular formula is C12H18N4O4S. The Morgan fingerprint density at radius 1 is 1.38 bits per heavy atom. The Labute approximate surface area is 126 Å². The number of carboxylic acid groups (broad SMARTS) is 1. The molecule has 2 amide bonds. The maximum absolute atomic E-state index is 11.4. The van der Waals surface area contributed by atoms with Gasteiger partial charge in [0.2, 0.25) is 11.8 Å². The van der Waals surface area contributed by atoms with Crippen molar-refractivity contribution in [3.63, 3.8) is 0 Å². The van der Waals surface area contributed by atoms with Crippen molar-refractivity contribution in [1.29, 1.82) is 0 Å². The molecule has 8 nitrogen and oxygen atoms in total. The largest absolute Gasteiger partial charge is 0.480 e. The first-order chi connectivity index (χ1) is 9.83. The Morgan fingerprint density at radius 2 is 2.05 bits per heavy atom. The van der Waals surface area contributed by atoms with Crippen molar-refractivity contribution in [1.82, 2.24) is 9.88 Å². The quantitative estimate of drug-likeness (QED) is 0.691. The number of aliphatic carboxylic acids is 1. The lowest BCUT2D eigenvalue weighted by Crippen LogP contribution is -2.37. The molecule has 0 aliphatic heterocycles. The number of thiazole rings is 1. The van der Waals surface area contributed by atoms with Crippen LogP contribution in [0.15, 0.2) is 5.38 Å². The number of nitrogens with two attached hydrogens (primary N) is 1. The number of hydrogen-bond donors (Lipinski definition) is 2. The van der Waals surface area contributed by atoms with Crippen LogP contribution in [0, 0.1) is 0 Å². The number of anilines is 1. The second-order valence-corrected chi connectivity index (χ2v) is 5.23. The number of carbonyl (C=O) groups is 3. The lowest BCUT2D eigenvalue weighted by Gasteiger charge is -2.17. The summed E-state index contributed by atoms with van der Waals surface area (Å²) in [7, 11) is 0. The molecule has 0 saturated heterocycles. The third-order valence-electron chi connectivity index (χ3n) is 2.59. The van der Waals surface area contributed by atoms with E-state index in [0.29, 0.717) is 17.4 Å². The van der Waals surface area contributed by atoms with Gasteiger partial charge in [-0.2, -0.15) is 0 Å². The van der Waals surface area contributed by atoms with Gasteiger partial charge in [-0.05, 0) is 6.92 Å². The average molecular weight is 314 g/mol. The van der Waals surface area contributed by atoms with Gasteiger partial charge in [-0.25, -0.2) is 4.98 Å². The lowest BCUT2D eigenvalue weighted by molar-refractivity contribution is -0.138. The minimum atomic E-state index is -1.05. The van der Waals surface area contributed by atoms with E-state index in [1.54, 1.807) is 5.38 Å². The zero-order valence-electron chi connectivity index (χ0n) is 11.9. The maximum Gasteiger partial charge on any atom is 0.317 e. The van der Waals surface area contributed by atoms with Crippen LogP contribution in [0.1, 0.15) is 19.5 Å². The second-order valence-electron chi connectivity index (χ2n) is 4.39. The van der Waals surface area contributed by atoms with Gasteiger partial charge in [-0.1, -0.05) is 0 Å². The minimum Gasteiger partial charge on any atom is -0.480 e. The fraction of sp³-hybridized carbons (Fsp3) is 0.500. The molecule has 21 heavy (non-hydrogen) atoms. The van der Waals surface area contributed by atoms with Gasteiger partial charge >= 0.3 is 5.97 Å². The average Bonchev–Trinajstić information content (AvgIpc) is 2.75. The molecule has 0 aromatic carbocycles. The Kier molecular flexibility index (Phi) is 6.25. The van der Waals surface area contributed by atoms with E-state index in [1.807, 2.05) is 6.92 Å². The predicted octanol–water partition coefficient (Wildman–Crippen LogP) is -0.112. The van der Waals surface area contributed by atoms with Crippen molar-refractivity contribution >= 4 is 34.3 Å². The first-order valence-corrected chi connectivity index (χ1v) is 7.16. The lowest BCUT2D eigenvalue weighted by atomic mass is 10.4. The van der Waals surface area contributed by atoms with E-state index in [9.17, 15) is 14.4 Å². The standard InChI is InChI=1S/C12H18N4O4S/c1-3-16(8(2)17)12-14-9(7-21-12)4-15(5-10(13)18)6-11(19)20/h7H,3-6H2,1-2H3,(H2,13,18)(H,19,20). The molecule has 0 aliphatic rings. The van der Waals surface area contributed by atoms with Crippen molar-refractivity contribution in [2.75, 3.05) is 24.5 Å². The van der Waals surface area contributed by atoms with E-state index in [-0.39, 0.29) is 25.5 Å². The number of aromatic nitrogens is 1. The van der Waals surface area contributed by atoms with Crippen molar-refractivity contribution in [3.8, 4) is 0 Å². The van der Waals surface area contributed by atoms with Gasteiger partial charge in [0.15, 0.2) is 5.13 Å². The van der Waals surface area contributed by atoms with E-state index in [1.165, 1.54) is 28.1 Å². The number of rotatable bonds is 8. The number of hydrogen-bond acceptors (Lipinski definition) is 6. The first-order valence-electron chi connectivity index (χ1n) is 6.28. The van der Waals surface area contributed by atoms with Crippen LogP contribution in [0.2, 0.25) is 0 Å². The number of carbonyl (C=O) groups excluding carboxylic acids is 2. The predicted molar refractivity (Wildman–Crippen MR) is 77.9 cm³/mol. The summed E-state index contributed by atoms with van der Waals surface area (Å²) in [5, 5.41) is 11.1. The Morgan fingerprint density at radius 3 is 2.52 bits per heavy atom. The number of amides is 2. The zero-order chi connectivity index (χ0) is 16.0. The van der Waals surface area contributed by atoms with Crippen LogP contribution in [-0.2, 0) is 20.9 Å². The van der Waals surface area contributed by atoms with E-state index >= 15 is 0 Å². The molecule has 0 spiro atoms. The normalized spacial score (nSPS) is 10.6. The summed E-state index contributed by atoms with van der Waals surface area (Å²) in [6.45, 7) is 3.51. The number of carboxylic acids is 1. The first kappa shape index (κ1) is 17.1. The van der Waals surface area contributed by atoms with Gasteiger partial charge in [-0.3, -0.25) is 24.2 Å². The number of primary amides is 1. The molecule has 0 bridgehead atoms. The summed E-state index contributed by atoms with van der Waals surface area (Å²) in [5.74, 6) is -1.77. The smallest absolute Gasteiger partial charge is 0.317 e. The molecule has 1 aromatic heterocycles. The Bertz CT molecular complexity index is 515. The van der Waals surface area contributed by atoms with Gasteiger partial charge in [0, 0.05) is 25.4 Å². The second kappa shape index (κ2) is 7.70. The molecule has 3 N–H and O–H groups in total. The monoisotopic (exact) mass is 314 g/mol. The molecule has 1 rings (SSSR count). The van der Waals surface area contributed by atoms with Crippen LogP contribution in [0.25, 0.3) is 0 Å². The zero-order valence-corrected chi connectivity index (χ0v) is 12.7. The molecule has 0 radical (unpaired) electrons. The van der Waals surface area contributed by atoms with Crippen LogP contribution in [-0.4, -0.2) is 52.4 Å². The van der Waals surface area contributed by atoms with E-state index in [2.05, 4.69) is 4.98 Å². The Balaban J connectivity index is 2.80. The van der Waals surface area contributed by atoms with Gasteiger partial charge < -0.3 is 10.8 Å². The third kappa shape index (κ3) is 5.48. The van der Waals surface area contributed by atoms with E-state index in [0.717, 1.165) is 0 Å². The van der Waals surface area contributed by atoms with Crippen LogP contribution >= 0.6 is 11.3 Å². The highest BCUT2D eigenvalue weighted by Gasteiger charge is 2.17. The van der Waals surface area contributed by atoms with Crippen LogP contribution < -0.4 is 10.6 Å². The highest BCUT2D eigenvalue weighted by atomic mass is 32.1. The summed E-state index contributed by atoms with van der Waals surface area (Å²) in [6.07, 6.45) is 0. The summed E-state index contributed by atoms with van der Waals surface area (Å²) < 4.78 is 0. The molecule has 1 heterocycles. The molecule has 0 atom stereocenters. The van der Waals surface area contributed by atoms with Crippen molar-refractivity contribution < 1.29 is 19.5 Å². The van der Waals surface area contributed by atoms with Gasteiger partial charge in [0.1, 0.15) is 0 Å². The Hall–Kier alpha value is -2.00. The fourth-order valence-corrected chi connectivity index (χ4v) is 2.72. The highest BCUT2D eigenvalue weighted by Crippen LogP contribution is 2.21.